The summed E-state index contributed by atoms with van der Waals surface area (Å²) in [6, 6.07) is 0. The van der Waals surface area contributed by atoms with Crippen molar-refractivity contribution in [3.05, 3.63) is 23.8 Å². The van der Waals surface area contributed by atoms with Gasteiger partial charge in [0.1, 0.15) is 5.69 Å². The summed E-state index contributed by atoms with van der Waals surface area (Å²) in [7, 11) is -0.456. The SMILES string of the molecule is Cc1cnc(C(=O)NCB2OC(C)(C)C(C)(C)O2)cn1. The van der Waals surface area contributed by atoms with E-state index in [0.717, 1.165) is 5.69 Å². The highest BCUT2D eigenvalue weighted by atomic mass is 16.7. The third-order valence-corrected chi connectivity index (χ3v) is 3.74. The summed E-state index contributed by atoms with van der Waals surface area (Å²) < 4.78 is 11.6. The van der Waals surface area contributed by atoms with Crippen molar-refractivity contribution in [1.82, 2.24) is 15.3 Å². The minimum absolute atomic E-state index is 0.279. The van der Waals surface area contributed by atoms with Crippen molar-refractivity contribution in [2.24, 2.45) is 0 Å². The number of carbonyl (C=O) groups excluding carboxylic acids is 1. The zero-order chi connectivity index (χ0) is 15.0. The molecule has 0 spiro atoms. The maximum absolute atomic E-state index is 11.9. The summed E-state index contributed by atoms with van der Waals surface area (Å²) in [5.41, 5.74) is 0.262. The number of carbonyl (C=O) groups is 1. The van der Waals surface area contributed by atoms with Gasteiger partial charge in [0.15, 0.2) is 0 Å². The molecule has 0 atom stereocenters. The third-order valence-electron chi connectivity index (χ3n) is 3.74. The van der Waals surface area contributed by atoms with E-state index in [1.165, 1.54) is 6.20 Å². The molecule has 0 aliphatic carbocycles. The predicted octanol–water partition coefficient (Wildman–Crippen LogP) is 1.15. The minimum atomic E-state index is -0.456. The summed E-state index contributed by atoms with van der Waals surface area (Å²) in [6.45, 7) is 9.71. The lowest BCUT2D eigenvalue weighted by Crippen LogP contribution is -2.41. The Kier molecular flexibility index (Phi) is 3.84. The summed E-state index contributed by atoms with van der Waals surface area (Å²) >= 11 is 0. The average molecular weight is 277 g/mol. The Bertz CT molecular complexity index is 486. The smallest absolute Gasteiger partial charge is 0.402 e. The van der Waals surface area contributed by atoms with Crippen LogP contribution < -0.4 is 5.32 Å². The Morgan fingerprint density at radius 3 is 2.30 bits per heavy atom. The van der Waals surface area contributed by atoms with Gasteiger partial charge in [0.25, 0.3) is 5.91 Å². The van der Waals surface area contributed by atoms with E-state index in [0.29, 0.717) is 0 Å². The van der Waals surface area contributed by atoms with Crippen LogP contribution in [0.5, 0.6) is 0 Å². The van der Waals surface area contributed by atoms with Gasteiger partial charge in [0.2, 0.25) is 0 Å². The van der Waals surface area contributed by atoms with Gasteiger partial charge in [0, 0.05) is 6.20 Å². The summed E-state index contributed by atoms with van der Waals surface area (Å²) in [6.07, 6.45) is 3.29. The molecular formula is C13H20BN3O3. The molecule has 0 aromatic carbocycles. The first-order chi connectivity index (χ1) is 9.21. The summed E-state index contributed by atoms with van der Waals surface area (Å²) in [4.78, 5) is 20.0. The van der Waals surface area contributed by atoms with Crippen LogP contribution in [0.2, 0.25) is 0 Å². The molecule has 1 aliphatic heterocycles. The van der Waals surface area contributed by atoms with E-state index in [2.05, 4.69) is 15.3 Å². The van der Waals surface area contributed by atoms with Gasteiger partial charge < -0.3 is 14.6 Å². The molecule has 1 aromatic rings. The molecule has 1 N–H and O–H groups in total. The lowest BCUT2D eigenvalue weighted by molar-refractivity contribution is 0.00578. The average Bonchev–Trinajstić information content (AvgIpc) is 2.56. The van der Waals surface area contributed by atoms with Crippen molar-refractivity contribution >= 4 is 13.0 Å². The van der Waals surface area contributed by atoms with Gasteiger partial charge in [-0.3, -0.25) is 9.78 Å². The number of nitrogens with zero attached hydrogens (tertiary/aromatic N) is 2. The van der Waals surface area contributed by atoms with Gasteiger partial charge in [-0.05, 0) is 34.6 Å². The molecule has 0 radical (unpaired) electrons. The second kappa shape index (κ2) is 5.14. The molecule has 1 fully saturated rings. The number of nitrogens with one attached hydrogen (secondary N) is 1. The van der Waals surface area contributed by atoms with E-state index in [1.54, 1.807) is 6.20 Å². The van der Waals surface area contributed by atoms with Crippen LogP contribution in [0.1, 0.15) is 43.9 Å². The summed E-state index contributed by atoms with van der Waals surface area (Å²) in [5, 5.41) is 2.74. The highest BCUT2D eigenvalue weighted by molar-refractivity contribution is 6.46. The lowest BCUT2D eigenvalue weighted by atomic mass is 9.90. The van der Waals surface area contributed by atoms with E-state index < -0.39 is 18.3 Å². The molecule has 1 aliphatic rings. The monoisotopic (exact) mass is 277 g/mol. The molecular weight excluding hydrogens is 257 g/mol. The van der Waals surface area contributed by atoms with Gasteiger partial charge in [-0.25, -0.2) is 4.98 Å². The highest BCUT2D eigenvalue weighted by Crippen LogP contribution is 2.36. The number of aryl methyl sites for hydroxylation is 1. The fraction of sp³-hybridized carbons (Fsp3) is 0.615. The van der Waals surface area contributed by atoms with E-state index >= 15 is 0 Å². The molecule has 2 rings (SSSR count). The second-order valence-corrected chi connectivity index (χ2v) is 5.94. The normalized spacial score (nSPS) is 19.9. The molecule has 1 saturated heterocycles. The Balaban J connectivity index is 1.91. The standard InChI is InChI=1S/C13H20BN3O3/c1-9-6-16-10(7-15-9)11(18)17-8-14-19-12(2,3)13(4,5)20-14/h6-7H,8H2,1-5H3,(H,17,18). The molecule has 0 unspecified atom stereocenters. The first kappa shape index (κ1) is 14.9. The zero-order valence-electron chi connectivity index (χ0n) is 12.6. The van der Waals surface area contributed by atoms with Crippen molar-refractivity contribution < 1.29 is 14.1 Å². The molecule has 108 valence electrons. The highest BCUT2D eigenvalue weighted by Gasteiger charge is 2.50. The number of rotatable bonds is 3. The lowest BCUT2D eigenvalue weighted by Gasteiger charge is -2.32. The molecule has 0 saturated carbocycles. The topological polar surface area (TPSA) is 73.3 Å². The van der Waals surface area contributed by atoms with Gasteiger partial charge in [-0.15, -0.1) is 0 Å². The largest absolute Gasteiger partial charge is 0.478 e. The van der Waals surface area contributed by atoms with Crippen molar-refractivity contribution in [2.45, 2.75) is 45.8 Å². The maximum Gasteiger partial charge on any atom is 0.478 e. The summed E-state index contributed by atoms with van der Waals surface area (Å²) in [5.74, 6) is -0.285. The number of aromatic nitrogens is 2. The van der Waals surface area contributed by atoms with Crippen LogP contribution >= 0.6 is 0 Å². The molecule has 7 heteroatoms. The van der Waals surface area contributed by atoms with E-state index in [9.17, 15) is 4.79 Å². The molecule has 20 heavy (non-hydrogen) atoms. The van der Waals surface area contributed by atoms with Crippen molar-refractivity contribution in [1.29, 1.82) is 0 Å². The second-order valence-electron chi connectivity index (χ2n) is 5.94. The Hall–Kier alpha value is -1.47. The quantitative estimate of drug-likeness (QED) is 0.839. The van der Waals surface area contributed by atoms with E-state index in [-0.39, 0.29) is 18.0 Å². The maximum atomic E-state index is 11.9. The van der Waals surface area contributed by atoms with Crippen LogP contribution in [0.3, 0.4) is 0 Å². The fourth-order valence-electron chi connectivity index (χ4n) is 1.82. The third kappa shape index (κ3) is 2.99. The van der Waals surface area contributed by atoms with Gasteiger partial charge >= 0.3 is 7.12 Å². The fourth-order valence-corrected chi connectivity index (χ4v) is 1.82. The van der Waals surface area contributed by atoms with E-state index in [4.69, 9.17) is 9.31 Å². The van der Waals surface area contributed by atoms with Crippen LogP contribution in [0, 0.1) is 6.92 Å². The van der Waals surface area contributed by atoms with Crippen LogP contribution in [-0.4, -0.2) is 40.6 Å². The minimum Gasteiger partial charge on any atom is -0.402 e. The molecule has 1 aromatic heterocycles. The number of hydrogen-bond acceptors (Lipinski definition) is 5. The van der Waals surface area contributed by atoms with Gasteiger partial charge in [-0.2, -0.15) is 0 Å². The van der Waals surface area contributed by atoms with Crippen LogP contribution in [0.15, 0.2) is 12.4 Å². The van der Waals surface area contributed by atoms with Gasteiger partial charge in [-0.1, -0.05) is 0 Å². The molecule has 0 bridgehead atoms. The van der Waals surface area contributed by atoms with Crippen molar-refractivity contribution in [3.8, 4) is 0 Å². The van der Waals surface area contributed by atoms with E-state index in [1.807, 2.05) is 34.6 Å². The molecule has 6 nitrogen and oxygen atoms in total. The predicted molar refractivity (Wildman–Crippen MR) is 75.2 cm³/mol. The Labute approximate surface area is 119 Å². The number of hydrogen-bond donors (Lipinski definition) is 1. The Morgan fingerprint density at radius 2 is 1.80 bits per heavy atom. The van der Waals surface area contributed by atoms with Crippen LogP contribution in [0.25, 0.3) is 0 Å². The zero-order valence-corrected chi connectivity index (χ0v) is 12.6. The van der Waals surface area contributed by atoms with Crippen molar-refractivity contribution in [3.63, 3.8) is 0 Å². The van der Waals surface area contributed by atoms with Crippen LogP contribution in [-0.2, 0) is 9.31 Å². The first-order valence-corrected chi connectivity index (χ1v) is 6.64. The first-order valence-electron chi connectivity index (χ1n) is 6.64. The number of amides is 1. The van der Waals surface area contributed by atoms with Gasteiger partial charge in [0.05, 0.1) is 29.5 Å². The Morgan fingerprint density at radius 1 is 1.20 bits per heavy atom. The van der Waals surface area contributed by atoms with Crippen LogP contribution in [0.4, 0.5) is 0 Å². The molecule has 2 heterocycles. The van der Waals surface area contributed by atoms with Crippen molar-refractivity contribution in [2.75, 3.05) is 6.44 Å². The molecule has 1 amide bonds.